The van der Waals surface area contributed by atoms with Crippen LogP contribution in [0.25, 0.3) is 0 Å². The van der Waals surface area contributed by atoms with Crippen LogP contribution in [-0.2, 0) is 11.3 Å². The van der Waals surface area contributed by atoms with Gasteiger partial charge in [-0.1, -0.05) is 53.2 Å². The SMILES string of the molecule is CN1Cc2c(Cl)cc(Cl)cc2C(c2ccccc2N2C(=O)CSC2=O)C1. The third kappa shape index (κ3) is 3.03. The predicted molar refractivity (Wildman–Crippen MR) is 106 cm³/mol. The van der Waals surface area contributed by atoms with Crippen LogP contribution in [0.15, 0.2) is 36.4 Å². The van der Waals surface area contributed by atoms with Crippen molar-refractivity contribution in [2.75, 3.05) is 24.2 Å². The number of nitrogens with zero attached hydrogens (tertiary/aromatic N) is 2. The molecule has 7 heteroatoms. The first-order valence-electron chi connectivity index (χ1n) is 8.20. The second-order valence-corrected chi connectivity index (χ2v) is 8.32. The first kappa shape index (κ1) is 17.9. The Morgan fingerprint density at radius 1 is 1.12 bits per heavy atom. The molecule has 0 aromatic heterocycles. The van der Waals surface area contributed by atoms with Gasteiger partial charge in [-0.05, 0) is 41.9 Å². The van der Waals surface area contributed by atoms with Gasteiger partial charge in [-0.25, -0.2) is 4.90 Å². The predicted octanol–water partition coefficient (Wildman–Crippen LogP) is 4.77. The van der Waals surface area contributed by atoms with Crippen LogP contribution < -0.4 is 4.90 Å². The zero-order valence-electron chi connectivity index (χ0n) is 14.0. The Bertz CT molecular complexity index is 902. The quantitative estimate of drug-likeness (QED) is 0.719. The molecule has 0 bridgehead atoms. The van der Waals surface area contributed by atoms with Crippen molar-refractivity contribution in [2.45, 2.75) is 12.5 Å². The normalized spacial score (nSPS) is 20.6. The van der Waals surface area contributed by atoms with Crippen molar-refractivity contribution in [3.8, 4) is 0 Å². The van der Waals surface area contributed by atoms with Crippen LogP contribution in [0.1, 0.15) is 22.6 Å². The fraction of sp³-hybridized carbons (Fsp3) is 0.263. The third-order valence-electron chi connectivity index (χ3n) is 4.80. The Hall–Kier alpha value is -1.53. The molecule has 0 aliphatic carbocycles. The number of likely N-dealkylation sites (N-methyl/N-ethyl adjacent to an activating group) is 1. The summed E-state index contributed by atoms with van der Waals surface area (Å²) in [5.74, 6) is -0.0188. The minimum atomic E-state index is -0.226. The minimum absolute atomic E-state index is 0.0256. The lowest BCUT2D eigenvalue weighted by Gasteiger charge is -2.35. The fourth-order valence-corrected chi connectivity index (χ4v) is 4.96. The first-order valence-corrected chi connectivity index (χ1v) is 9.95. The van der Waals surface area contributed by atoms with Gasteiger partial charge in [0.05, 0.1) is 11.4 Å². The molecule has 2 aromatic rings. The molecule has 26 heavy (non-hydrogen) atoms. The summed E-state index contributed by atoms with van der Waals surface area (Å²) in [6.45, 7) is 1.49. The Morgan fingerprint density at radius 3 is 2.62 bits per heavy atom. The summed E-state index contributed by atoms with van der Waals surface area (Å²) in [7, 11) is 2.03. The van der Waals surface area contributed by atoms with Gasteiger partial charge < -0.3 is 4.90 Å². The first-order chi connectivity index (χ1) is 12.5. The zero-order valence-corrected chi connectivity index (χ0v) is 16.4. The van der Waals surface area contributed by atoms with Gasteiger partial charge >= 0.3 is 0 Å². The number of halogens is 2. The molecule has 0 radical (unpaired) electrons. The Balaban J connectivity index is 1.88. The van der Waals surface area contributed by atoms with Crippen LogP contribution >= 0.6 is 35.0 Å². The summed E-state index contributed by atoms with van der Waals surface area (Å²) in [6.07, 6.45) is 0. The topological polar surface area (TPSA) is 40.6 Å². The number of imide groups is 1. The van der Waals surface area contributed by atoms with Crippen LogP contribution in [0.5, 0.6) is 0 Å². The molecule has 0 spiro atoms. The van der Waals surface area contributed by atoms with E-state index in [2.05, 4.69) is 4.90 Å². The molecule has 0 saturated carbocycles. The van der Waals surface area contributed by atoms with Crippen LogP contribution in [0.4, 0.5) is 10.5 Å². The van der Waals surface area contributed by atoms with Crippen molar-refractivity contribution in [1.29, 1.82) is 0 Å². The van der Waals surface area contributed by atoms with Crippen LogP contribution in [-0.4, -0.2) is 35.4 Å². The Labute approximate surface area is 166 Å². The minimum Gasteiger partial charge on any atom is -0.301 e. The van der Waals surface area contributed by atoms with E-state index in [4.69, 9.17) is 23.2 Å². The summed E-state index contributed by atoms with van der Waals surface area (Å²) < 4.78 is 0. The number of fused-ring (bicyclic) bond motifs is 1. The van der Waals surface area contributed by atoms with Gasteiger partial charge in [0.25, 0.3) is 5.24 Å². The molecule has 1 saturated heterocycles. The molecule has 1 atom stereocenters. The number of hydrogen-bond donors (Lipinski definition) is 0. The second-order valence-electron chi connectivity index (χ2n) is 6.55. The standard InChI is InChI=1S/C19H16Cl2N2O2S/c1-22-8-14(13-6-11(20)7-16(21)15(13)9-22)12-4-2-3-5-17(12)23-18(24)10-26-19(23)25/h2-7,14H,8-10H2,1H3. The van der Waals surface area contributed by atoms with Gasteiger partial charge in [0.15, 0.2) is 0 Å². The lowest BCUT2D eigenvalue weighted by atomic mass is 9.83. The summed E-state index contributed by atoms with van der Waals surface area (Å²) in [5, 5.41) is 1.01. The van der Waals surface area contributed by atoms with Gasteiger partial charge in [0, 0.05) is 29.1 Å². The van der Waals surface area contributed by atoms with Crippen molar-refractivity contribution in [3.63, 3.8) is 0 Å². The molecule has 1 unspecified atom stereocenters. The highest BCUT2D eigenvalue weighted by atomic mass is 35.5. The second kappa shape index (κ2) is 6.89. The lowest BCUT2D eigenvalue weighted by Crippen LogP contribution is -2.34. The largest absolute Gasteiger partial charge is 0.301 e. The smallest absolute Gasteiger partial charge is 0.293 e. The number of para-hydroxylation sites is 1. The average Bonchev–Trinajstić information content (AvgIpc) is 2.93. The molecule has 2 aliphatic heterocycles. The van der Waals surface area contributed by atoms with Crippen molar-refractivity contribution < 1.29 is 9.59 Å². The van der Waals surface area contributed by atoms with E-state index in [1.165, 1.54) is 4.90 Å². The van der Waals surface area contributed by atoms with E-state index in [1.807, 2.05) is 37.4 Å². The number of amides is 2. The number of benzene rings is 2. The average molecular weight is 407 g/mol. The van der Waals surface area contributed by atoms with Gasteiger partial charge in [0.1, 0.15) is 0 Å². The molecule has 4 nitrogen and oxygen atoms in total. The maximum atomic E-state index is 12.3. The highest BCUT2D eigenvalue weighted by Gasteiger charge is 2.35. The molecule has 0 N–H and O–H groups in total. The van der Waals surface area contributed by atoms with E-state index in [0.29, 0.717) is 15.7 Å². The third-order valence-corrected chi connectivity index (χ3v) is 6.17. The summed E-state index contributed by atoms with van der Waals surface area (Å²) in [4.78, 5) is 28.0. The highest BCUT2D eigenvalue weighted by molar-refractivity contribution is 8.15. The summed E-state index contributed by atoms with van der Waals surface area (Å²) >= 11 is 13.7. The zero-order chi connectivity index (χ0) is 18.4. The fourth-order valence-electron chi connectivity index (χ4n) is 3.68. The van der Waals surface area contributed by atoms with E-state index in [-0.39, 0.29) is 22.8 Å². The molecule has 2 amide bonds. The van der Waals surface area contributed by atoms with Crippen molar-refractivity contribution >= 4 is 51.8 Å². The lowest BCUT2D eigenvalue weighted by molar-refractivity contribution is -0.115. The summed E-state index contributed by atoms with van der Waals surface area (Å²) in [6, 6.07) is 11.3. The molecular weight excluding hydrogens is 391 g/mol. The van der Waals surface area contributed by atoms with Gasteiger partial charge in [-0.15, -0.1) is 0 Å². The number of anilines is 1. The van der Waals surface area contributed by atoms with Gasteiger partial charge in [-0.2, -0.15) is 0 Å². The number of rotatable bonds is 2. The van der Waals surface area contributed by atoms with Gasteiger partial charge in [0.2, 0.25) is 5.91 Å². The maximum absolute atomic E-state index is 12.3. The van der Waals surface area contributed by atoms with E-state index in [0.717, 1.165) is 41.5 Å². The van der Waals surface area contributed by atoms with Crippen LogP contribution in [0, 0.1) is 0 Å². The molecule has 2 aromatic carbocycles. The van der Waals surface area contributed by atoms with E-state index in [9.17, 15) is 9.59 Å². The van der Waals surface area contributed by atoms with Crippen LogP contribution in [0.3, 0.4) is 0 Å². The number of carbonyl (C=O) groups excluding carboxylic acids is 2. The van der Waals surface area contributed by atoms with E-state index >= 15 is 0 Å². The number of thioether (sulfide) groups is 1. The molecular formula is C19H16Cl2N2O2S. The van der Waals surface area contributed by atoms with E-state index < -0.39 is 0 Å². The molecule has 4 rings (SSSR count). The Morgan fingerprint density at radius 2 is 1.88 bits per heavy atom. The van der Waals surface area contributed by atoms with E-state index in [1.54, 1.807) is 6.07 Å². The molecule has 1 fully saturated rings. The molecule has 134 valence electrons. The van der Waals surface area contributed by atoms with Crippen molar-refractivity contribution in [3.05, 3.63) is 63.1 Å². The summed E-state index contributed by atoms with van der Waals surface area (Å²) in [5.41, 5.74) is 3.68. The number of hydrogen-bond acceptors (Lipinski definition) is 4. The molecule has 2 heterocycles. The highest BCUT2D eigenvalue weighted by Crippen LogP contribution is 2.42. The Kier molecular flexibility index (Phi) is 4.73. The van der Waals surface area contributed by atoms with Gasteiger partial charge in [-0.3, -0.25) is 9.59 Å². The molecule has 2 aliphatic rings. The number of carbonyl (C=O) groups is 2. The monoisotopic (exact) mass is 406 g/mol. The van der Waals surface area contributed by atoms with Crippen molar-refractivity contribution in [2.24, 2.45) is 0 Å². The van der Waals surface area contributed by atoms with Crippen LogP contribution in [0.2, 0.25) is 10.0 Å². The van der Waals surface area contributed by atoms with Crippen molar-refractivity contribution in [1.82, 2.24) is 4.90 Å². The maximum Gasteiger partial charge on any atom is 0.293 e.